The van der Waals surface area contributed by atoms with Gasteiger partial charge in [0.15, 0.2) is 0 Å². The molecule has 0 aliphatic carbocycles. The van der Waals surface area contributed by atoms with Gasteiger partial charge in [0, 0.05) is 10.0 Å². The van der Waals surface area contributed by atoms with E-state index in [4.69, 9.17) is 33.7 Å². The van der Waals surface area contributed by atoms with Gasteiger partial charge in [-0.15, -0.1) is 0 Å². The van der Waals surface area contributed by atoms with Gasteiger partial charge in [0.05, 0.1) is 13.2 Å². The largest absolute Gasteiger partial charge is 0.496 e. The first-order chi connectivity index (χ1) is 9.43. The third-order valence-corrected chi connectivity index (χ3v) is 3.91. The summed E-state index contributed by atoms with van der Waals surface area (Å²) in [5.41, 5.74) is 10.3. The molecule has 106 valence electrons. The van der Waals surface area contributed by atoms with Gasteiger partial charge >= 0.3 is 0 Å². The molecule has 0 bridgehead atoms. The average Bonchev–Trinajstić information content (AvgIpc) is 2.37. The summed E-state index contributed by atoms with van der Waals surface area (Å²) < 4.78 is 5.37. The van der Waals surface area contributed by atoms with Gasteiger partial charge in [-0.2, -0.15) is 0 Å². The summed E-state index contributed by atoms with van der Waals surface area (Å²) in [6.45, 7) is 4.01. The maximum atomic E-state index is 6.33. The Morgan fingerprint density at radius 1 is 1.05 bits per heavy atom. The van der Waals surface area contributed by atoms with E-state index in [0.717, 1.165) is 28.0 Å². The van der Waals surface area contributed by atoms with E-state index in [1.807, 2.05) is 32.0 Å². The molecule has 1 unspecified atom stereocenters. The molecule has 0 spiro atoms. The van der Waals surface area contributed by atoms with Gasteiger partial charge in [0.2, 0.25) is 0 Å². The van der Waals surface area contributed by atoms with Crippen LogP contribution in [0.25, 0.3) is 0 Å². The van der Waals surface area contributed by atoms with Crippen molar-refractivity contribution >= 4 is 23.2 Å². The van der Waals surface area contributed by atoms with Gasteiger partial charge in [-0.1, -0.05) is 41.4 Å². The highest BCUT2D eigenvalue weighted by Crippen LogP contribution is 2.32. The highest BCUT2D eigenvalue weighted by atomic mass is 35.5. The molecule has 2 rings (SSSR count). The molecule has 0 saturated carbocycles. The Morgan fingerprint density at radius 3 is 2.15 bits per heavy atom. The van der Waals surface area contributed by atoms with Crippen LogP contribution in [0, 0.1) is 13.8 Å². The number of benzene rings is 2. The fourth-order valence-electron chi connectivity index (χ4n) is 2.42. The molecule has 0 aliphatic heterocycles. The molecule has 2 nitrogen and oxygen atoms in total. The summed E-state index contributed by atoms with van der Waals surface area (Å²) in [4.78, 5) is 0. The van der Waals surface area contributed by atoms with Crippen LogP contribution in [0.1, 0.15) is 28.3 Å². The summed E-state index contributed by atoms with van der Waals surface area (Å²) in [5, 5.41) is 1.18. The van der Waals surface area contributed by atoms with E-state index in [1.165, 1.54) is 0 Å². The molecule has 0 aromatic heterocycles. The first-order valence-electron chi connectivity index (χ1n) is 6.29. The highest BCUT2D eigenvalue weighted by Gasteiger charge is 2.15. The Balaban J connectivity index is 2.45. The highest BCUT2D eigenvalue weighted by molar-refractivity contribution is 6.35. The van der Waals surface area contributed by atoms with Crippen molar-refractivity contribution in [2.24, 2.45) is 5.73 Å². The fraction of sp³-hybridized carbons (Fsp3) is 0.250. The number of rotatable bonds is 3. The fourth-order valence-corrected chi connectivity index (χ4v) is 2.94. The summed E-state index contributed by atoms with van der Waals surface area (Å²) >= 11 is 12.1. The number of aryl methyl sites for hydroxylation is 2. The van der Waals surface area contributed by atoms with Crippen LogP contribution < -0.4 is 10.5 Å². The number of methoxy groups -OCH3 is 1. The lowest BCUT2D eigenvalue weighted by Gasteiger charge is -2.18. The van der Waals surface area contributed by atoms with Crippen LogP contribution in [0.3, 0.4) is 0 Å². The number of hydrogen-bond donors (Lipinski definition) is 1. The molecule has 20 heavy (non-hydrogen) atoms. The van der Waals surface area contributed by atoms with Crippen molar-refractivity contribution in [1.82, 2.24) is 0 Å². The number of ether oxygens (including phenoxy) is 1. The van der Waals surface area contributed by atoms with Crippen LogP contribution in [0.4, 0.5) is 0 Å². The summed E-state index contributed by atoms with van der Waals surface area (Å²) in [5.74, 6) is 0.892. The molecule has 0 aliphatic rings. The Hall–Kier alpha value is -1.22. The zero-order chi connectivity index (χ0) is 14.9. The number of hydrogen-bond acceptors (Lipinski definition) is 2. The SMILES string of the molecule is COc1c(C)cc(C(N)c2ccc(Cl)cc2Cl)cc1C. The molecule has 4 heteroatoms. The van der Waals surface area contributed by atoms with Gasteiger partial charge < -0.3 is 10.5 Å². The zero-order valence-electron chi connectivity index (χ0n) is 11.7. The van der Waals surface area contributed by atoms with E-state index < -0.39 is 0 Å². The topological polar surface area (TPSA) is 35.2 Å². The van der Waals surface area contributed by atoms with Crippen molar-refractivity contribution in [1.29, 1.82) is 0 Å². The molecule has 0 heterocycles. The predicted molar refractivity (Wildman–Crippen MR) is 85.0 cm³/mol. The molecule has 2 aromatic rings. The van der Waals surface area contributed by atoms with Crippen LogP contribution in [-0.2, 0) is 0 Å². The number of nitrogens with two attached hydrogens (primary N) is 1. The minimum absolute atomic E-state index is 0.289. The quantitative estimate of drug-likeness (QED) is 0.894. The molecule has 0 amide bonds. The summed E-state index contributed by atoms with van der Waals surface area (Å²) in [7, 11) is 1.67. The second-order valence-corrected chi connectivity index (χ2v) is 5.68. The standard InChI is InChI=1S/C16H17Cl2NO/c1-9-6-11(7-10(2)16(9)20-3)15(19)13-5-4-12(17)8-14(13)18/h4-8,15H,19H2,1-3H3. The Bertz CT molecular complexity index is 617. The van der Waals surface area contributed by atoms with Gasteiger partial charge in [-0.3, -0.25) is 0 Å². The van der Waals surface area contributed by atoms with Crippen molar-refractivity contribution in [3.63, 3.8) is 0 Å². The Labute approximate surface area is 129 Å². The van der Waals surface area contributed by atoms with E-state index in [-0.39, 0.29) is 6.04 Å². The molecular formula is C16H17Cl2NO. The summed E-state index contributed by atoms with van der Waals surface area (Å²) in [6.07, 6.45) is 0. The minimum Gasteiger partial charge on any atom is -0.496 e. The molecular weight excluding hydrogens is 293 g/mol. The lowest BCUT2D eigenvalue weighted by atomic mass is 9.95. The lowest BCUT2D eigenvalue weighted by molar-refractivity contribution is 0.408. The summed E-state index contributed by atoms with van der Waals surface area (Å²) in [6, 6.07) is 9.14. The monoisotopic (exact) mass is 309 g/mol. The Kier molecular flexibility index (Phi) is 4.59. The van der Waals surface area contributed by atoms with Crippen LogP contribution in [0.5, 0.6) is 5.75 Å². The van der Waals surface area contributed by atoms with E-state index in [0.29, 0.717) is 10.0 Å². The van der Waals surface area contributed by atoms with Crippen molar-refractivity contribution in [2.75, 3.05) is 7.11 Å². The first kappa shape index (κ1) is 15.2. The normalized spacial score (nSPS) is 12.3. The van der Waals surface area contributed by atoms with Crippen molar-refractivity contribution in [3.8, 4) is 5.75 Å². The van der Waals surface area contributed by atoms with Gasteiger partial charge in [-0.25, -0.2) is 0 Å². The number of halogens is 2. The molecule has 2 N–H and O–H groups in total. The van der Waals surface area contributed by atoms with Crippen LogP contribution >= 0.6 is 23.2 Å². The molecule has 0 saturated heterocycles. The van der Waals surface area contributed by atoms with E-state index in [2.05, 4.69) is 0 Å². The van der Waals surface area contributed by atoms with Crippen molar-refractivity contribution < 1.29 is 4.74 Å². The third-order valence-electron chi connectivity index (χ3n) is 3.34. The van der Waals surface area contributed by atoms with Crippen molar-refractivity contribution in [2.45, 2.75) is 19.9 Å². The average molecular weight is 310 g/mol. The first-order valence-corrected chi connectivity index (χ1v) is 7.05. The van der Waals surface area contributed by atoms with Gasteiger partial charge in [-0.05, 0) is 48.2 Å². The minimum atomic E-state index is -0.289. The molecule has 1 atom stereocenters. The van der Waals surface area contributed by atoms with Crippen LogP contribution in [0.2, 0.25) is 10.0 Å². The molecule has 0 radical (unpaired) electrons. The third kappa shape index (κ3) is 2.93. The van der Waals surface area contributed by atoms with E-state index >= 15 is 0 Å². The van der Waals surface area contributed by atoms with Gasteiger partial charge in [0.25, 0.3) is 0 Å². The maximum absolute atomic E-state index is 6.33. The second kappa shape index (κ2) is 6.04. The second-order valence-electron chi connectivity index (χ2n) is 4.83. The zero-order valence-corrected chi connectivity index (χ0v) is 13.2. The smallest absolute Gasteiger partial charge is 0.124 e. The van der Waals surface area contributed by atoms with Crippen LogP contribution in [0.15, 0.2) is 30.3 Å². The maximum Gasteiger partial charge on any atom is 0.124 e. The Morgan fingerprint density at radius 2 is 1.65 bits per heavy atom. The van der Waals surface area contributed by atoms with Crippen LogP contribution in [-0.4, -0.2) is 7.11 Å². The lowest BCUT2D eigenvalue weighted by Crippen LogP contribution is -2.13. The molecule has 2 aromatic carbocycles. The predicted octanol–water partition coefficient (Wildman–Crippen LogP) is 4.67. The van der Waals surface area contributed by atoms with Crippen molar-refractivity contribution in [3.05, 3.63) is 62.6 Å². The molecule has 0 fully saturated rings. The van der Waals surface area contributed by atoms with Gasteiger partial charge in [0.1, 0.15) is 5.75 Å². The van der Waals surface area contributed by atoms with E-state index in [1.54, 1.807) is 19.2 Å². The van der Waals surface area contributed by atoms with E-state index in [9.17, 15) is 0 Å².